The molecule has 1 atom stereocenters. The van der Waals surface area contributed by atoms with Crippen molar-refractivity contribution in [1.29, 1.82) is 0 Å². The number of benzene rings is 2. The van der Waals surface area contributed by atoms with Gasteiger partial charge in [-0.3, -0.25) is 5.21 Å². The fourth-order valence-electron chi connectivity index (χ4n) is 4.90. The fraction of sp³-hybridized carbons (Fsp3) is 0.308. The maximum Gasteiger partial charge on any atom is 0.141 e. The lowest BCUT2D eigenvalue weighted by Crippen LogP contribution is -2.30. The van der Waals surface area contributed by atoms with Gasteiger partial charge in [0, 0.05) is 22.6 Å². The molecule has 1 saturated carbocycles. The lowest BCUT2D eigenvalue weighted by Gasteiger charge is -2.29. The van der Waals surface area contributed by atoms with E-state index in [2.05, 4.69) is 41.3 Å². The molecule has 0 saturated heterocycles. The molecule has 1 fully saturated rings. The van der Waals surface area contributed by atoms with Crippen LogP contribution in [-0.4, -0.2) is 26.4 Å². The van der Waals surface area contributed by atoms with Crippen molar-refractivity contribution in [2.75, 3.05) is 5.06 Å². The summed E-state index contributed by atoms with van der Waals surface area (Å²) in [5.74, 6) is 2.39. The smallest absolute Gasteiger partial charge is 0.141 e. The molecule has 1 aliphatic carbocycles. The standard InChI is InChI=1S/C26H26N4O2/c1-13-5-10-22-19(9-6-14(2)30(22)31)23(13)20-11-18(24-15(3)29-32-16(24)4)12-21-25(20)28-26(27-21)17-7-8-17/h5-6,9-12,14,17,31H,7-8H2,1-4H3,(H,27,28). The third kappa shape index (κ3) is 2.83. The number of hydrogen-bond acceptors (Lipinski definition) is 5. The van der Waals surface area contributed by atoms with E-state index in [1.807, 2.05) is 32.9 Å². The zero-order valence-electron chi connectivity index (χ0n) is 18.7. The van der Waals surface area contributed by atoms with E-state index in [9.17, 15) is 5.21 Å². The van der Waals surface area contributed by atoms with Crippen molar-refractivity contribution in [3.8, 4) is 22.3 Å². The van der Waals surface area contributed by atoms with E-state index in [0.717, 1.165) is 67.4 Å². The minimum absolute atomic E-state index is 0.0708. The summed E-state index contributed by atoms with van der Waals surface area (Å²) >= 11 is 0. The van der Waals surface area contributed by atoms with Crippen LogP contribution in [0.25, 0.3) is 39.4 Å². The van der Waals surface area contributed by atoms with E-state index < -0.39 is 0 Å². The monoisotopic (exact) mass is 426 g/mol. The zero-order chi connectivity index (χ0) is 22.1. The number of hydroxylamine groups is 1. The summed E-state index contributed by atoms with van der Waals surface area (Å²) in [7, 11) is 0. The summed E-state index contributed by atoms with van der Waals surface area (Å²) in [6.45, 7) is 8.02. The number of anilines is 1. The minimum Gasteiger partial charge on any atom is -0.361 e. The molecule has 2 aliphatic rings. The Kier molecular flexibility index (Phi) is 4.11. The van der Waals surface area contributed by atoms with Crippen LogP contribution < -0.4 is 5.06 Å². The number of hydrogen-bond donors (Lipinski definition) is 2. The summed E-state index contributed by atoms with van der Waals surface area (Å²) in [5, 5.41) is 16.2. The van der Waals surface area contributed by atoms with Crippen molar-refractivity contribution < 1.29 is 9.73 Å². The van der Waals surface area contributed by atoms with Gasteiger partial charge < -0.3 is 9.51 Å². The first-order chi connectivity index (χ1) is 15.4. The maximum atomic E-state index is 10.7. The number of aryl methyl sites for hydroxylation is 3. The van der Waals surface area contributed by atoms with Gasteiger partial charge in [-0.1, -0.05) is 23.4 Å². The Hall–Kier alpha value is -3.38. The van der Waals surface area contributed by atoms with Crippen molar-refractivity contribution in [1.82, 2.24) is 15.1 Å². The number of nitrogens with one attached hydrogen (secondary N) is 1. The van der Waals surface area contributed by atoms with Gasteiger partial charge in [-0.15, -0.1) is 0 Å². The van der Waals surface area contributed by atoms with Crippen LogP contribution >= 0.6 is 0 Å². The first-order valence-corrected chi connectivity index (χ1v) is 11.2. The molecule has 162 valence electrons. The number of H-pyrrole nitrogens is 1. The van der Waals surface area contributed by atoms with Crippen molar-refractivity contribution in [2.45, 2.75) is 52.5 Å². The minimum atomic E-state index is -0.0708. The average Bonchev–Trinajstić information content (AvgIpc) is 3.45. The van der Waals surface area contributed by atoms with E-state index in [1.54, 1.807) is 0 Å². The van der Waals surface area contributed by atoms with Gasteiger partial charge in [-0.05, 0) is 75.4 Å². The van der Waals surface area contributed by atoms with Crippen LogP contribution in [0, 0.1) is 20.8 Å². The van der Waals surface area contributed by atoms with E-state index in [-0.39, 0.29) is 6.04 Å². The second kappa shape index (κ2) is 6.81. The number of nitrogens with zero attached hydrogens (tertiary/aromatic N) is 3. The number of imidazole rings is 1. The van der Waals surface area contributed by atoms with E-state index >= 15 is 0 Å². The summed E-state index contributed by atoms with van der Waals surface area (Å²) in [4.78, 5) is 8.63. The lowest BCUT2D eigenvalue weighted by atomic mass is 9.88. The average molecular weight is 427 g/mol. The summed E-state index contributed by atoms with van der Waals surface area (Å²) in [5.41, 5.74) is 10.1. The molecule has 1 aliphatic heterocycles. The number of fused-ring (bicyclic) bond motifs is 2. The molecule has 32 heavy (non-hydrogen) atoms. The number of rotatable bonds is 3. The van der Waals surface area contributed by atoms with Gasteiger partial charge in [0.05, 0.1) is 28.5 Å². The Balaban J connectivity index is 1.68. The molecular weight excluding hydrogens is 400 g/mol. The van der Waals surface area contributed by atoms with Crippen molar-refractivity contribution >= 4 is 22.8 Å². The molecule has 6 nitrogen and oxygen atoms in total. The van der Waals surface area contributed by atoms with Crippen LogP contribution in [0.15, 0.2) is 34.9 Å². The molecule has 2 aromatic carbocycles. The van der Waals surface area contributed by atoms with E-state index in [0.29, 0.717) is 5.92 Å². The summed E-state index contributed by atoms with van der Waals surface area (Å²) < 4.78 is 5.47. The van der Waals surface area contributed by atoms with E-state index in [1.165, 1.54) is 17.9 Å². The topological polar surface area (TPSA) is 78.2 Å². The Labute approximate surface area is 186 Å². The highest BCUT2D eigenvalue weighted by atomic mass is 16.5. The molecule has 0 spiro atoms. The summed E-state index contributed by atoms with van der Waals surface area (Å²) in [6, 6.07) is 8.35. The van der Waals surface area contributed by atoms with Crippen LogP contribution in [0.2, 0.25) is 0 Å². The fourth-order valence-corrected chi connectivity index (χ4v) is 4.90. The Morgan fingerprint density at radius 3 is 2.66 bits per heavy atom. The first kappa shape index (κ1) is 19.3. The summed E-state index contributed by atoms with van der Waals surface area (Å²) in [6.07, 6.45) is 6.52. The number of aromatic amines is 1. The lowest BCUT2D eigenvalue weighted by molar-refractivity contribution is 0.237. The van der Waals surface area contributed by atoms with Crippen molar-refractivity contribution in [2.24, 2.45) is 0 Å². The van der Waals surface area contributed by atoms with Crippen LogP contribution in [0.5, 0.6) is 0 Å². The van der Waals surface area contributed by atoms with Gasteiger partial charge in [-0.2, -0.15) is 0 Å². The molecule has 2 N–H and O–H groups in total. The SMILES string of the molecule is Cc1ccc2c(c1-c1cc(-c3c(C)noc3C)cc3[nH]c(C4CC4)nc13)C=CC(C)N2O. The maximum absolute atomic E-state index is 10.7. The highest BCUT2D eigenvalue weighted by molar-refractivity contribution is 6.01. The molecule has 6 rings (SSSR count). The predicted octanol–water partition coefficient (Wildman–Crippen LogP) is 6.30. The number of aromatic nitrogens is 3. The highest BCUT2D eigenvalue weighted by Gasteiger charge is 2.29. The molecule has 4 aromatic rings. The molecular formula is C26H26N4O2. The third-order valence-corrected chi connectivity index (χ3v) is 6.77. The molecule has 6 heteroatoms. The van der Waals surface area contributed by atoms with Gasteiger partial charge in [0.15, 0.2) is 0 Å². The van der Waals surface area contributed by atoms with Crippen molar-refractivity contribution in [3.05, 3.63) is 58.7 Å². The van der Waals surface area contributed by atoms with Gasteiger partial charge in [-0.25, -0.2) is 10.0 Å². The molecule has 0 radical (unpaired) electrons. The third-order valence-electron chi connectivity index (χ3n) is 6.77. The Morgan fingerprint density at radius 1 is 1.12 bits per heavy atom. The van der Waals surface area contributed by atoms with Crippen LogP contribution in [0.1, 0.15) is 54.1 Å². The largest absolute Gasteiger partial charge is 0.361 e. The molecule has 3 heterocycles. The van der Waals surface area contributed by atoms with Gasteiger partial charge in [0.25, 0.3) is 0 Å². The highest BCUT2D eigenvalue weighted by Crippen LogP contribution is 2.45. The molecule has 1 unspecified atom stereocenters. The van der Waals surface area contributed by atoms with Gasteiger partial charge in [0.2, 0.25) is 0 Å². The Bertz CT molecular complexity index is 1390. The van der Waals surface area contributed by atoms with Crippen LogP contribution in [-0.2, 0) is 0 Å². The molecule has 2 aromatic heterocycles. The van der Waals surface area contributed by atoms with Crippen LogP contribution in [0.4, 0.5) is 5.69 Å². The Morgan fingerprint density at radius 2 is 1.94 bits per heavy atom. The first-order valence-electron chi connectivity index (χ1n) is 11.2. The molecule has 0 bridgehead atoms. The zero-order valence-corrected chi connectivity index (χ0v) is 18.7. The predicted molar refractivity (Wildman–Crippen MR) is 126 cm³/mol. The quantitative estimate of drug-likeness (QED) is 0.402. The van der Waals surface area contributed by atoms with Crippen LogP contribution in [0.3, 0.4) is 0 Å². The molecule has 0 amide bonds. The van der Waals surface area contributed by atoms with Crippen molar-refractivity contribution in [3.63, 3.8) is 0 Å². The van der Waals surface area contributed by atoms with Gasteiger partial charge >= 0.3 is 0 Å². The second-order valence-electron chi connectivity index (χ2n) is 9.15. The second-order valence-corrected chi connectivity index (χ2v) is 9.15. The van der Waals surface area contributed by atoms with Gasteiger partial charge in [0.1, 0.15) is 11.6 Å². The van der Waals surface area contributed by atoms with E-state index in [4.69, 9.17) is 9.51 Å². The normalized spacial score (nSPS) is 17.9.